The maximum absolute atomic E-state index is 13.6. The molecule has 1 aromatic heterocycles. The Morgan fingerprint density at radius 2 is 1.89 bits per heavy atom. The van der Waals surface area contributed by atoms with Crippen LogP contribution in [0.5, 0.6) is 5.75 Å². The monoisotopic (exact) mass is 491 g/mol. The first-order chi connectivity index (χ1) is 16.9. The van der Waals surface area contributed by atoms with Crippen LogP contribution in [-0.2, 0) is 9.53 Å². The summed E-state index contributed by atoms with van der Waals surface area (Å²) in [6.45, 7) is 7.70. The van der Waals surface area contributed by atoms with E-state index in [1.165, 1.54) is 18.4 Å². The molecule has 1 aliphatic rings. The quantitative estimate of drug-likeness (QED) is 0.513. The van der Waals surface area contributed by atoms with Gasteiger partial charge in [0, 0.05) is 30.4 Å². The van der Waals surface area contributed by atoms with E-state index in [4.69, 9.17) is 4.74 Å². The lowest BCUT2D eigenvalue weighted by Gasteiger charge is -2.25. The summed E-state index contributed by atoms with van der Waals surface area (Å²) >= 11 is 1.24. The predicted octanol–water partition coefficient (Wildman–Crippen LogP) is 3.35. The number of benzene rings is 2. The van der Waals surface area contributed by atoms with Gasteiger partial charge in [-0.3, -0.25) is 9.36 Å². The lowest BCUT2D eigenvalue weighted by Crippen LogP contribution is -2.40. The van der Waals surface area contributed by atoms with Crippen molar-refractivity contribution in [1.29, 1.82) is 0 Å². The summed E-state index contributed by atoms with van der Waals surface area (Å²) in [6, 6.07) is 14.2. The molecule has 182 valence electrons. The van der Waals surface area contributed by atoms with Gasteiger partial charge in [0.1, 0.15) is 5.75 Å². The second-order valence-corrected chi connectivity index (χ2v) is 9.12. The fourth-order valence-corrected chi connectivity index (χ4v) is 5.41. The number of phenols is 1. The molecule has 2 heterocycles. The maximum Gasteiger partial charge on any atom is 0.338 e. The van der Waals surface area contributed by atoms with Crippen LogP contribution in [-0.4, -0.2) is 35.8 Å². The molecule has 0 spiro atoms. The molecule has 0 bridgehead atoms. The molecular weight excluding hydrogens is 462 g/mol. The van der Waals surface area contributed by atoms with E-state index in [0.717, 1.165) is 24.3 Å². The fraction of sp³-hybridized carbons (Fsp3) is 0.296. The number of carbonyl (C=O) groups is 1. The van der Waals surface area contributed by atoms with Crippen LogP contribution in [0.4, 0.5) is 5.69 Å². The minimum Gasteiger partial charge on any atom is -0.507 e. The van der Waals surface area contributed by atoms with Gasteiger partial charge in [-0.2, -0.15) is 0 Å². The standard InChI is InChI=1S/C27H29N3O4S/c1-5-20-23(26(33)34-4)24(17-11-9-8-10-12-17)30-25(32)22(35-27(30)28-20)15-18-13-14-19(16-21(18)31)29(6-2)7-3/h8-16,24,31H,5-7H2,1-4H3/b22-15-/t24-/m0/s1. The molecule has 7 nitrogen and oxygen atoms in total. The Morgan fingerprint density at radius 1 is 1.17 bits per heavy atom. The third-order valence-corrected chi connectivity index (χ3v) is 7.18. The summed E-state index contributed by atoms with van der Waals surface area (Å²) < 4.78 is 7.06. The Hall–Kier alpha value is -3.65. The molecule has 1 N–H and O–H groups in total. The number of nitrogens with zero attached hydrogens (tertiary/aromatic N) is 3. The van der Waals surface area contributed by atoms with Crippen molar-refractivity contribution in [2.24, 2.45) is 4.99 Å². The molecule has 1 atom stereocenters. The van der Waals surface area contributed by atoms with Crippen LogP contribution in [0.3, 0.4) is 0 Å². The zero-order valence-corrected chi connectivity index (χ0v) is 21.1. The number of esters is 1. The minimum atomic E-state index is -0.643. The number of ether oxygens (including phenoxy) is 1. The van der Waals surface area contributed by atoms with Gasteiger partial charge in [0.05, 0.1) is 29.0 Å². The lowest BCUT2D eigenvalue weighted by molar-refractivity contribution is -0.136. The summed E-state index contributed by atoms with van der Waals surface area (Å²) in [5, 5.41) is 10.7. The van der Waals surface area contributed by atoms with E-state index < -0.39 is 12.0 Å². The molecule has 2 aromatic carbocycles. The number of thiazole rings is 1. The van der Waals surface area contributed by atoms with Gasteiger partial charge in [0.25, 0.3) is 5.56 Å². The molecule has 0 unspecified atom stereocenters. The highest BCUT2D eigenvalue weighted by Crippen LogP contribution is 2.32. The zero-order valence-electron chi connectivity index (χ0n) is 20.3. The van der Waals surface area contributed by atoms with Gasteiger partial charge in [-0.1, -0.05) is 48.6 Å². The van der Waals surface area contributed by atoms with Crippen molar-refractivity contribution in [3.8, 4) is 5.75 Å². The molecule has 0 fully saturated rings. The normalized spacial score (nSPS) is 15.5. The zero-order chi connectivity index (χ0) is 25.1. The number of hydrogen-bond donors (Lipinski definition) is 1. The van der Waals surface area contributed by atoms with Gasteiger partial charge in [-0.15, -0.1) is 0 Å². The number of rotatable bonds is 7. The van der Waals surface area contributed by atoms with Crippen LogP contribution in [0.1, 0.15) is 44.4 Å². The van der Waals surface area contributed by atoms with E-state index in [0.29, 0.717) is 32.6 Å². The summed E-state index contributed by atoms with van der Waals surface area (Å²) in [5.74, 6) is -0.400. The second-order valence-electron chi connectivity index (χ2n) is 8.11. The highest BCUT2D eigenvalue weighted by Gasteiger charge is 2.33. The molecule has 35 heavy (non-hydrogen) atoms. The Balaban J connectivity index is 1.91. The van der Waals surface area contributed by atoms with Gasteiger partial charge in [0.2, 0.25) is 0 Å². The number of carbonyl (C=O) groups excluding carboxylic acids is 1. The Labute approximate surface area is 207 Å². The topological polar surface area (TPSA) is 84.1 Å². The molecule has 0 radical (unpaired) electrons. The van der Waals surface area contributed by atoms with Crippen molar-refractivity contribution in [1.82, 2.24) is 4.57 Å². The van der Waals surface area contributed by atoms with E-state index in [9.17, 15) is 14.7 Å². The molecule has 4 rings (SSSR count). The molecule has 0 aliphatic carbocycles. The summed E-state index contributed by atoms with van der Waals surface area (Å²) in [5.41, 5.74) is 2.96. The summed E-state index contributed by atoms with van der Waals surface area (Å²) in [6.07, 6.45) is 2.20. The summed E-state index contributed by atoms with van der Waals surface area (Å²) in [4.78, 5) is 33.8. The van der Waals surface area contributed by atoms with Crippen molar-refractivity contribution >= 4 is 29.1 Å². The largest absolute Gasteiger partial charge is 0.507 e. The number of anilines is 1. The Kier molecular flexibility index (Phi) is 7.21. The highest BCUT2D eigenvalue weighted by atomic mass is 32.1. The Bertz CT molecular complexity index is 1450. The number of phenolic OH excluding ortho intramolecular Hbond substituents is 1. The van der Waals surface area contributed by atoms with Crippen LogP contribution >= 0.6 is 11.3 Å². The average molecular weight is 492 g/mol. The number of hydrogen-bond acceptors (Lipinski definition) is 7. The van der Waals surface area contributed by atoms with Crippen LogP contribution in [0.25, 0.3) is 6.08 Å². The molecule has 0 saturated heterocycles. The number of methoxy groups -OCH3 is 1. The SMILES string of the molecule is CCC1=C(C(=O)OC)[C@H](c2ccccc2)n2c(s/c(=C\c3ccc(N(CC)CC)cc3O)c2=O)=N1. The average Bonchev–Trinajstić information content (AvgIpc) is 3.19. The van der Waals surface area contributed by atoms with E-state index in [1.807, 2.05) is 49.4 Å². The van der Waals surface area contributed by atoms with Crippen LogP contribution < -0.4 is 19.8 Å². The molecular formula is C27H29N3O4S. The first kappa shape index (κ1) is 24.5. The van der Waals surface area contributed by atoms with Gasteiger partial charge >= 0.3 is 5.97 Å². The first-order valence-electron chi connectivity index (χ1n) is 11.7. The van der Waals surface area contributed by atoms with Crippen molar-refractivity contribution < 1.29 is 14.6 Å². The van der Waals surface area contributed by atoms with Crippen LogP contribution in [0, 0.1) is 0 Å². The number of fused-ring (bicyclic) bond motifs is 1. The molecule has 3 aromatic rings. The van der Waals surface area contributed by atoms with E-state index >= 15 is 0 Å². The van der Waals surface area contributed by atoms with Crippen LogP contribution in [0.15, 0.2) is 69.6 Å². The predicted molar refractivity (Wildman–Crippen MR) is 139 cm³/mol. The molecule has 8 heteroatoms. The van der Waals surface area contributed by atoms with Crippen molar-refractivity contribution in [3.63, 3.8) is 0 Å². The van der Waals surface area contributed by atoms with Gasteiger partial charge < -0.3 is 14.7 Å². The van der Waals surface area contributed by atoms with Crippen LogP contribution in [0.2, 0.25) is 0 Å². The second kappa shape index (κ2) is 10.3. The summed E-state index contributed by atoms with van der Waals surface area (Å²) in [7, 11) is 1.33. The third kappa shape index (κ3) is 4.53. The number of allylic oxidation sites excluding steroid dienone is 1. The van der Waals surface area contributed by atoms with Crippen molar-refractivity contribution in [2.45, 2.75) is 33.2 Å². The number of aromatic hydroxyl groups is 1. The van der Waals surface area contributed by atoms with Gasteiger partial charge in [-0.25, -0.2) is 9.79 Å². The van der Waals surface area contributed by atoms with Crippen molar-refractivity contribution in [2.75, 3.05) is 25.1 Å². The smallest absolute Gasteiger partial charge is 0.338 e. The molecule has 1 aliphatic heterocycles. The van der Waals surface area contributed by atoms with Gasteiger partial charge in [-0.05, 0) is 44.0 Å². The van der Waals surface area contributed by atoms with E-state index in [-0.39, 0.29) is 11.3 Å². The maximum atomic E-state index is 13.6. The van der Waals surface area contributed by atoms with Crippen molar-refractivity contribution in [3.05, 3.63) is 90.6 Å². The van der Waals surface area contributed by atoms with Gasteiger partial charge in [0.15, 0.2) is 4.80 Å². The minimum absolute atomic E-state index is 0.101. The third-order valence-electron chi connectivity index (χ3n) is 6.19. The van der Waals surface area contributed by atoms with E-state index in [2.05, 4.69) is 23.7 Å². The number of aromatic nitrogens is 1. The fourth-order valence-electron chi connectivity index (χ4n) is 4.40. The highest BCUT2D eigenvalue weighted by molar-refractivity contribution is 7.07. The lowest BCUT2D eigenvalue weighted by atomic mass is 9.95. The molecule has 0 saturated carbocycles. The Morgan fingerprint density at radius 3 is 2.49 bits per heavy atom. The molecule has 0 amide bonds. The first-order valence-corrected chi connectivity index (χ1v) is 12.5. The van der Waals surface area contributed by atoms with E-state index in [1.54, 1.807) is 16.7 Å².